The summed E-state index contributed by atoms with van der Waals surface area (Å²) in [6.07, 6.45) is -0.265. The monoisotopic (exact) mass is 302 g/mol. The molecule has 0 aliphatic carbocycles. The molecular formula is C12H18N2O7. The van der Waals surface area contributed by atoms with E-state index in [-0.39, 0.29) is 19.5 Å². The van der Waals surface area contributed by atoms with Crippen LogP contribution in [-0.4, -0.2) is 69.2 Å². The van der Waals surface area contributed by atoms with E-state index in [0.29, 0.717) is 19.3 Å². The molecule has 1 saturated heterocycles. The molecule has 4 N–H and O–H groups in total. The van der Waals surface area contributed by atoms with Gasteiger partial charge in [-0.1, -0.05) is 0 Å². The van der Waals surface area contributed by atoms with Gasteiger partial charge in [-0.3, -0.25) is 9.59 Å². The first-order valence-corrected chi connectivity index (χ1v) is 6.57. The molecule has 0 aromatic rings. The van der Waals surface area contributed by atoms with Crippen LogP contribution < -0.4 is 5.32 Å². The third kappa shape index (κ3) is 4.71. The lowest BCUT2D eigenvalue weighted by Crippen LogP contribution is -2.53. The molecule has 1 aliphatic heterocycles. The van der Waals surface area contributed by atoms with E-state index in [2.05, 4.69) is 5.32 Å². The highest BCUT2D eigenvalue weighted by atomic mass is 16.4. The summed E-state index contributed by atoms with van der Waals surface area (Å²) in [6, 6.07) is -1.01. The van der Waals surface area contributed by atoms with Crippen LogP contribution >= 0.6 is 0 Å². The van der Waals surface area contributed by atoms with Gasteiger partial charge in [-0.25, -0.2) is 9.59 Å². The Labute approximate surface area is 120 Å². The fraction of sp³-hybridized carbons (Fsp3) is 0.667. The van der Waals surface area contributed by atoms with Crippen molar-refractivity contribution in [2.24, 2.45) is 0 Å². The van der Waals surface area contributed by atoms with Crippen LogP contribution in [0.25, 0.3) is 0 Å². The van der Waals surface area contributed by atoms with Crippen LogP contribution in [0.3, 0.4) is 0 Å². The van der Waals surface area contributed by atoms with E-state index >= 15 is 0 Å². The SMILES string of the molecule is O=C(NCCC(O)C(=O)O)C(=O)N1CCCC[C@H]1C(=O)O. The first-order chi connectivity index (χ1) is 9.84. The molecule has 0 bridgehead atoms. The first kappa shape index (κ1) is 16.9. The van der Waals surface area contributed by atoms with Gasteiger partial charge in [0.25, 0.3) is 0 Å². The Hall–Kier alpha value is -2.16. The zero-order valence-electron chi connectivity index (χ0n) is 11.3. The Balaban J connectivity index is 2.51. The molecule has 0 radical (unpaired) electrons. The summed E-state index contributed by atoms with van der Waals surface area (Å²) in [4.78, 5) is 46.0. The molecule has 1 unspecified atom stereocenters. The molecule has 9 heteroatoms. The molecule has 1 rings (SSSR count). The number of carboxylic acid groups (broad SMARTS) is 2. The number of rotatable bonds is 5. The molecule has 9 nitrogen and oxygen atoms in total. The molecule has 0 saturated carbocycles. The van der Waals surface area contributed by atoms with Crippen molar-refractivity contribution in [1.82, 2.24) is 10.2 Å². The maximum Gasteiger partial charge on any atom is 0.332 e. The van der Waals surface area contributed by atoms with Crippen LogP contribution in [0.15, 0.2) is 0 Å². The number of hydrogen-bond donors (Lipinski definition) is 4. The molecule has 1 heterocycles. The minimum atomic E-state index is -1.62. The predicted octanol–water partition coefficient (Wildman–Crippen LogP) is -1.60. The van der Waals surface area contributed by atoms with Crippen molar-refractivity contribution in [3.8, 4) is 0 Å². The molecule has 0 aromatic heterocycles. The van der Waals surface area contributed by atoms with Gasteiger partial charge in [0.1, 0.15) is 6.04 Å². The normalized spacial score (nSPS) is 19.7. The number of aliphatic hydroxyl groups is 1. The maximum absolute atomic E-state index is 11.9. The number of hydrogen-bond acceptors (Lipinski definition) is 5. The third-order valence-electron chi connectivity index (χ3n) is 3.23. The van der Waals surface area contributed by atoms with Crippen LogP contribution in [0.1, 0.15) is 25.7 Å². The predicted molar refractivity (Wildman–Crippen MR) is 68.3 cm³/mol. The van der Waals surface area contributed by atoms with E-state index in [0.717, 1.165) is 4.90 Å². The Morgan fingerprint density at radius 3 is 2.43 bits per heavy atom. The van der Waals surface area contributed by atoms with Crippen molar-refractivity contribution in [2.45, 2.75) is 37.8 Å². The van der Waals surface area contributed by atoms with E-state index in [4.69, 9.17) is 15.3 Å². The van der Waals surface area contributed by atoms with E-state index < -0.39 is 35.9 Å². The summed E-state index contributed by atoms with van der Waals surface area (Å²) >= 11 is 0. The van der Waals surface area contributed by atoms with Crippen molar-refractivity contribution in [3.05, 3.63) is 0 Å². The Morgan fingerprint density at radius 1 is 1.19 bits per heavy atom. The van der Waals surface area contributed by atoms with Gasteiger partial charge in [-0.2, -0.15) is 0 Å². The zero-order valence-corrected chi connectivity index (χ0v) is 11.3. The summed E-state index contributed by atoms with van der Waals surface area (Å²) in [5.74, 6) is -4.53. The van der Waals surface area contributed by atoms with Gasteiger partial charge in [0.05, 0.1) is 0 Å². The highest BCUT2D eigenvalue weighted by Gasteiger charge is 2.34. The molecule has 118 valence electrons. The molecule has 0 spiro atoms. The highest BCUT2D eigenvalue weighted by Crippen LogP contribution is 2.17. The van der Waals surface area contributed by atoms with Crippen LogP contribution in [0, 0.1) is 0 Å². The standard InChI is InChI=1S/C12H18N2O7/c15-8(12(20)21)4-5-13-9(16)10(17)14-6-2-1-3-7(14)11(18)19/h7-8,15H,1-6H2,(H,13,16)(H,18,19)(H,20,21)/t7-,8?/m0/s1. The average Bonchev–Trinajstić information content (AvgIpc) is 2.45. The topological polar surface area (TPSA) is 144 Å². The fourth-order valence-electron chi connectivity index (χ4n) is 2.08. The van der Waals surface area contributed by atoms with Crippen molar-refractivity contribution < 1.29 is 34.5 Å². The molecule has 1 fully saturated rings. The minimum Gasteiger partial charge on any atom is -0.480 e. The van der Waals surface area contributed by atoms with Gasteiger partial charge in [0, 0.05) is 19.5 Å². The summed E-state index contributed by atoms with van der Waals surface area (Å²) in [6.45, 7) is 0.00455. The molecule has 21 heavy (non-hydrogen) atoms. The third-order valence-corrected chi connectivity index (χ3v) is 3.23. The number of likely N-dealkylation sites (tertiary alicyclic amines) is 1. The number of nitrogens with zero attached hydrogens (tertiary/aromatic N) is 1. The van der Waals surface area contributed by atoms with Gasteiger partial charge in [-0.15, -0.1) is 0 Å². The lowest BCUT2D eigenvalue weighted by atomic mass is 10.0. The van der Waals surface area contributed by atoms with Gasteiger partial charge in [0.15, 0.2) is 6.10 Å². The number of carbonyl (C=O) groups excluding carboxylic acids is 2. The molecule has 2 atom stereocenters. The van der Waals surface area contributed by atoms with Crippen molar-refractivity contribution in [3.63, 3.8) is 0 Å². The van der Waals surface area contributed by atoms with E-state index in [9.17, 15) is 19.2 Å². The van der Waals surface area contributed by atoms with E-state index in [1.54, 1.807) is 0 Å². The van der Waals surface area contributed by atoms with E-state index in [1.165, 1.54) is 0 Å². The summed E-state index contributed by atoms with van der Waals surface area (Å²) in [7, 11) is 0. The number of amides is 2. The van der Waals surface area contributed by atoms with Gasteiger partial charge in [-0.05, 0) is 19.3 Å². The van der Waals surface area contributed by atoms with Crippen molar-refractivity contribution in [1.29, 1.82) is 0 Å². The van der Waals surface area contributed by atoms with Gasteiger partial charge in [0.2, 0.25) is 0 Å². The second-order valence-electron chi connectivity index (χ2n) is 4.75. The zero-order chi connectivity index (χ0) is 16.0. The second-order valence-corrected chi connectivity index (χ2v) is 4.75. The number of aliphatic carboxylic acids is 2. The number of carboxylic acids is 2. The number of piperidine rings is 1. The van der Waals surface area contributed by atoms with Crippen LogP contribution in [-0.2, 0) is 19.2 Å². The largest absolute Gasteiger partial charge is 0.480 e. The number of aliphatic hydroxyl groups excluding tert-OH is 1. The molecular weight excluding hydrogens is 284 g/mol. The Morgan fingerprint density at radius 2 is 1.86 bits per heavy atom. The lowest BCUT2D eigenvalue weighted by molar-refractivity contribution is -0.156. The van der Waals surface area contributed by atoms with Crippen LogP contribution in [0.4, 0.5) is 0 Å². The molecule has 1 aliphatic rings. The quantitative estimate of drug-likeness (QED) is 0.448. The number of nitrogens with one attached hydrogen (secondary N) is 1. The van der Waals surface area contributed by atoms with Crippen LogP contribution in [0.2, 0.25) is 0 Å². The Kier molecular flexibility index (Phi) is 6.10. The van der Waals surface area contributed by atoms with Crippen molar-refractivity contribution >= 4 is 23.8 Å². The smallest absolute Gasteiger partial charge is 0.332 e. The summed E-state index contributed by atoms with van der Waals surface area (Å²) in [5.41, 5.74) is 0. The summed E-state index contributed by atoms with van der Waals surface area (Å²) < 4.78 is 0. The Bertz CT molecular complexity index is 437. The maximum atomic E-state index is 11.9. The second kappa shape index (κ2) is 7.58. The van der Waals surface area contributed by atoms with Crippen molar-refractivity contribution in [2.75, 3.05) is 13.1 Å². The van der Waals surface area contributed by atoms with Gasteiger partial charge < -0.3 is 25.5 Å². The first-order valence-electron chi connectivity index (χ1n) is 6.57. The summed E-state index contributed by atoms with van der Waals surface area (Å²) in [5, 5.41) is 28.7. The average molecular weight is 302 g/mol. The van der Waals surface area contributed by atoms with E-state index in [1.807, 2.05) is 0 Å². The molecule has 2 amide bonds. The molecule has 0 aromatic carbocycles. The van der Waals surface area contributed by atoms with Crippen LogP contribution in [0.5, 0.6) is 0 Å². The fourth-order valence-corrected chi connectivity index (χ4v) is 2.08. The minimum absolute atomic E-state index is 0.191. The highest BCUT2D eigenvalue weighted by molar-refractivity contribution is 6.35. The number of carbonyl (C=O) groups is 4. The lowest BCUT2D eigenvalue weighted by Gasteiger charge is -2.32. The van der Waals surface area contributed by atoms with Gasteiger partial charge >= 0.3 is 23.8 Å².